The normalized spacial score (nSPS) is 13.1. The Morgan fingerprint density at radius 3 is 2.88 bits per heavy atom. The molecule has 0 unspecified atom stereocenters. The molecule has 4 rings (SSSR count). The summed E-state index contributed by atoms with van der Waals surface area (Å²) in [6.45, 7) is 2.28. The fourth-order valence-electron chi connectivity index (χ4n) is 2.60. The lowest BCUT2D eigenvalue weighted by molar-refractivity contribution is 0.174. The average molecular weight is 351 g/mol. The molecular formula is C19H17N3O2S. The van der Waals surface area contributed by atoms with E-state index in [-0.39, 0.29) is 0 Å². The van der Waals surface area contributed by atoms with E-state index in [2.05, 4.69) is 15.5 Å². The van der Waals surface area contributed by atoms with Crippen molar-refractivity contribution in [2.24, 2.45) is 5.10 Å². The van der Waals surface area contributed by atoms with E-state index < -0.39 is 0 Å². The molecule has 2 heterocycles. The predicted octanol–water partition coefficient (Wildman–Crippen LogP) is 4.57. The molecule has 0 atom stereocenters. The standard InChI is InChI=1S/C19H17N3O2S/c1-13(9-14-7-8-17-18(10-14)24-12-23-17)21-22-19-20-16(11-25-19)15-5-3-2-4-6-15/h2-8,10-11H,9,12H2,1H3,(H,20,22). The third-order valence-electron chi connectivity index (χ3n) is 3.81. The number of aromatic nitrogens is 1. The van der Waals surface area contributed by atoms with Gasteiger partial charge in [-0.2, -0.15) is 5.10 Å². The highest BCUT2D eigenvalue weighted by Gasteiger charge is 2.13. The van der Waals surface area contributed by atoms with Crippen molar-refractivity contribution in [2.45, 2.75) is 13.3 Å². The lowest BCUT2D eigenvalue weighted by Crippen LogP contribution is -2.01. The third kappa shape index (κ3) is 3.64. The molecule has 0 aliphatic carbocycles. The Morgan fingerprint density at radius 2 is 2.00 bits per heavy atom. The van der Waals surface area contributed by atoms with Crippen molar-refractivity contribution in [3.8, 4) is 22.8 Å². The molecule has 0 saturated carbocycles. The second-order valence-electron chi connectivity index (χ2n) is 5.73. The molecule has 126 valence electrons. The maximum absolute atomic E-state index is 5.41. The quantitative estimate of drug-likeness (QED) is 0.540. The summed E-state index contributed by atoms with van der Waals surface area (Å²) in [7, 11) is 0. The Morgan fingerprint density at radius 1 is 1.16 bits per heavy atom. The molecule has 5 nitrogen and oxygen atoms in total. The minimum atomic E-state index is 0.293. The van der Waals surface area contributed by atoms with Crippen LogP contribution in [0.5, 0.6) is 11.5 Å². The maximum Gasteiger partial charge on any atom is 0.231 e. The Hall–Kier alpha value is -2.86. The van der Waals surface area contributed by atoms with Gasteiger partial charge >= 0.3 is 0 Å². The maximum atomic E-state index is 5.41. The zero-order valence-corrected chi connectivity index (χ0v) is 14.5. The number of nitrogens with one attached hydrogen (secondary N) is 1. The monoisotopic (exact) mass is 351 g/mol. The largest absolute Gasteiger partial charge is 0.454 e. The van der Waals surface area contributed by atoms with Gasteiger partial charge in [-0.15, -0.1) is 11.3 Å². The number of hydrogen-bond donors (Lipinski definition) is 1. The van der Waals surface area contributed by atoms with Gasteiger partial charge in [0, 0.05) is 23.1 Å². The van der Waals surface area contributed by atoms with Gasteiger partial charge in [-0.25, -0.2) is 4.98 Å². The van der Waals surface area contributed by atoms with E-state index in [0.717, 1.165) is 45.6 Å². The third-order valence-corrected chi connectivity index (χ3v) is 4.56. The molecule has 0 spiro atoms. The molecule has 0 saturated heterocycles. The number of hydrazone groups is 1. The summed E-state index contributed by atoms with van der Waals surface area (Å²) in [5, 5.41) is 7.24. The Balaban J connectivity index is 1.41. The van der Waals surface area contributed by atoms with Gasteiger partial charge in [0.25, 0.3) is 0 Å². The summed E-state index contributed by atoms with van der Waals surface area (Å²) in [5.74, 6) is 1.60. The molecule has 1 N–H and O–H groups in total. The highest BCUT2D eigenvalue weighted by atomic mass is 32.1. The second-order valence-corrected chi connectivity index (χ2v) is 6.59. The van der Waals surface area contributed by atoms with Gasteiger partial charge in [-0.3, -0.25) is 5.43 Å². The lowest BCUT2D eigenvalue weighted by atomic mass is 10.1. The zero-order valence-electron chi connectivity index (χ0n) is 13.7. The molecular weight excluding hydrogens is 334 g/mol. The van der Waals surface area contributed by atoms with Crippen molar-refractivity contribution in [1.29, 1.82) is 0 Å². The summed E-state index contributed by atoms with van der Waals surface area (Å²) < 4.78 is 10.7. The number of benzene rings is 2. The van der Waals surface area contributed by atoms with E-state index in [1.165, 1.54) is 0 Å². The van der Waals surface area contributed by atoms with Crippen molar-refractivity contribution < 1.29 is 9.47 Å². The minimum absolute atomic E-state index is 0.293. The van der Waals surface area contributed by atoms with Crippen molar-refractivity contribution in [3.63, 3.8) is 0 Å². The van der Waals surface area contributed by atoms with E-state index in [1.54, 1.807) is 11.3 Å². The molecule has 1 aliphatic rings. The first kappa shape index (κ1) is 15.7. The number of anilines is 1. The average Bonchev–Trinajstić information content (AvgIpc) is 3.30. The number of thiazole rings is 1. The van der Waals surface area contributed by atoms with Gasteiger partial charge in [0.2, 0.25) is 11.9 Å². The van der Waals surface area contributed by atoms with Crippen LogP contribution in [0.3, 0.4) is 0 Å². The van der Waals surface area contributed by atoms with Gasteiger partial charge < -0.3 is 9.47 Å². The van der Waals surface area contributed by atoms with Crippen LogP contribution in [0.15, 0.2) is 59.0 Å². The van der Waals surface area contributed by atoms with Gasteiger partial charge in [0.05, 0.1) is 5.69 Å². The molecule has 1 aromatic heterocycles. The van der Waals surface area contributed by atoms with E-state index in [1.807, 2.05) is 60.8 Å². The number of ether oxygens (including phenoxy) is 2. The van der Waals surface area contributed by atoms with Crippen molar-refractivity contribution in [1.82, 2.24) is 4.98 Å². The van der Waals surface area contributed by atoms with Gasteiger partial charge in [0.15, 0.2) is 11.5 Å². The summed E-state index contributed by atoms with van der Waals surface area (Å²) in [5.41, 5.74) is 7.21. The van der Waals surface area contributed by atoms with Crippen LogP contribution in [0.25, 0.3) is 11.3 Å². The number of rotatable bonds is 5. The lowest BCUT2D eigenvalue weighted by Gasteiger charge is -2.03. The molecule has 1 aliphatic heterocycles. The van der Waals surface area contributed by atoms with Gasteiger partial charge in [-0.05, 0) is 24.6 Å². The number of nitrogens with zero attached hydrogens (tertiary/aromatic N) is 2. The summed E-state index contributed by atoms with van der Waals surface area (Å²) in [6.07, 6.45) is 0.737. The van der Waals surface area contributed by atoms with E-state index >= 15 is 0 Å². The molecule has 0 amide bonds. The van der Waals surface area contributed by atoms with Gasteiger partial charge in [-0.1, -0.05) is 36.4 Å². The topological polar surface area (TPSA) is 55.7 Å². The highest BCUT2D eigenvalue weighted by molar-refractivity contribution is 7.14. The second kappa shape index (κ2) is 6.94. The van der Waals surface area contributed by atoms with E-state index in [0.29, 0.717) is 6.79 Å². The van der Waals surface area contributed by atoms with Crippen LogP contribution >= 0.6 is 11.3 Å². The molecule has 6 heteroatoms. The van der Waals surface area contributed by atoms with Crippen LogP contribution in [0.1, 0.15) is 12.5 Å². The predicted molar refractivity (Wildman–Crippen MR) is 101 cm³/mol. The molecule has 0 fully saturated rings. The number of hydrogen-bond acceptors (Lipinski definition) is 6. The fourth-order valence-corrected chi connectivity index (χ4v) is 3.26. The van der Waals surface area contributed by atoms with Crippen LogP contribution in [0.2, 0.25) is 0 Å². The van der Waals surface area contributed by atoms with Crippen molar-refractivity contribution in [3.05, 3.63) is 59.5 Å². The molecule has 2 aromatic carbocycles. The molecule has 0 bridgehead atoms. The van der Waals surface area contributed by atoms with Crippen molar-refractivity contribution in [2.75, 3.05) is 12.2 Å². The van der Waals surface area contributed by atoms with Gasteiger partial charge in [0.1, 0.15) is 0 Å². The summed E-state index contributed by atoms with van der Waals surface area (Å²) in [6, 6.07) is 16.1. The molecule has 3 aromatic rings. The summed E-state index contributed by atoms with van der Waals surface area (Å²) >= 11 is 1.54. The van der Waals surface area contributed by atoms with Crippen LogP contribution in [0, 0.1) is 0 Å². The van der Waals surface area contributed by atoms with E-state index in [4.69, 9.17) is 9.47 Å². The van der Waals surface area contributed by atoms with Crippen LogP contribution in [-0.4, -0.2) is 17.5 Å². The Bertz CT molecular complexity index is 906. The highest BCUT2D eigenvalue weighted by Crippen LogP contribution is 2.32. The zero-order chi connectivity index (χ0) is 17.1. The molecule has 0 radical (unpaired) electrons. The van der Waals surface area contributed by atoms with Crippen LogP contribution in [0.4, 0.5) is 5.13 Å². The summed E-state index contributed by atoms with van der Waals surface area (Å²) in [4.78, 5) is 4.57. The minimum Gasteiger partial charge on any atom is -0.454 e. The Labute approximate surface area is 150 Å². The first-order valence-corrected chi connectivity index (χ1v) is 8.84. The SMILES string of the molecule is CC(Cc1ccc2c(c1)OCO2)=NNc1nc(-c2ccccc2)cs1. The fraction of sp³-hybridized carbons (Fsp3) is 0.158. The Kier molecular flexibility index (Phi) is 4.35. The number of fused-ring (bicyclic) bond motifs is 1. The van der Waals surface area contributed by atoms with Crippen LogP contribution < -0.4 is 14.9 Å². The van der Waals surface area contributed by atoms with Crippen LogP contribution in [-0.2, 0) is 6.42 Å². The molecule has 25 heavy (non-hydrogen) atoms. The smallest absolute Gasteiger partial charge is 0.231 e. The van der Waals surface area contributed by atoms with E-state index in [9.17, 15) is 0 Å². The van der Waals surface area contributed by atoms with Crippen molar-refractivity contribution >= 4 is 22.2 Å². The first-order chi connectivity index (χ1) is 12.3. The first-order valence-electron chi connectivity index (χ1n) is 7.96.